The summed E-state index contributed by atoms with van der Waals surface area (Å²) >= 11 is 2.09. The molecule has 0 radical (unpaired) electrons. The highest BCUT2D eigenvalue weighted by molar-refractivity contribution is 7.99. The van der Waals surface area contributed by atoms with Gasteiger partial charge < -0.3 is 9.84 Å². The highest BCUT2D eigenvalue weighted by Crippen LogP contribution is 2.47. The summed E-state index contributed by atoms with van der Waals surface area (Å²) < 4.78 is 5.43. The normalized spacial score (nSPS) is 28.9. The van der Waals surface area contributed by atoms with Gasteiger partial charge in [0.2, 0.25) is 0 Å². The Morgan fingerprint density at radius 3 is 2.97 bits per heavy atom. The van der Waals surface area contributed by atoms with Crippen molar-refractivity contribution >= 4 is 11.8 Å². The van der Waals surface area contributed by atoms with Crippen LogP contribution in [-0.2, 0) is 11.2 Å². The zero-order chi connectivity index (χ0) is 21.5. The van der Waals surface area contributed by atoms with E-state index in [9.17, 15) is 5.11 Å². The first-order chi connectivity index (χ1) is 15.2. The van der Waals surface area contributed by atoms with Crippen molar-refractivity contribution in [3.8, 4) is 0 Å². The minimum Gasteiger partial charge on any atom is -0.392 e. The van der Waals surface area contributed by atoms with Crippen molar-refractivity contribution < 1.29 is 9.84 Å². The zero-order valence-electron chi connectivity index (χ0n) is 19.0. The summed E-state index contributed by atoms with van der Waals surface area (Å²) in [6.07, 6.45) is 12.5. The standard InChI is InChI=1S/C27H39NO2S/c1-21-6-4-8-22(16-21)7-2-3-9-25-26-18-23(17-24(26)19-27(25)29)20-31-15-5-10-28-11-13-30-14-12-28/h3-4,6,8-9,16-17,24-27,29H,2,5,7,10-15,18-20H2,1H3/t24-,25+,26-,27+/m0/s1. The van der Waals surface area contributed by atoms with Crippen molar-refractivity contribution in [2.45, 2.75) is 45.1 Å². The zero-order valence-corrected chi connectivity index (χ0v) is 19.9. The largest absolute Gasteiger partial charge is 0.392 e. The third-order valence-corrected chi connectivity index (χ3v) is 8.30. The third kappa shape index (κ3) is 6.71. The van der Waals surface area contributed by atoms with Crippen LogP contribution in [0.3, 0.4) is 0 Å². The maximum atomic E-state index is 10.6. The molecule has 0 unspecified atom stereocenters. The average Bonchev–Trinajstić information content (AvgIpc) is 3.28. The summed E-state index contributed by atoms with van der Waals surface area (Å²) in [7, 11) is 0. The lowest BCUT2D eigenvalue weighted by Gasteiger charge is -2.26. The first-order valence-electron chi connectivity index (χ1n) is 12.2. The minimum atomic E-state index is -0.163. The molecule has 1 aliphatic heterocycles. The smallest absolute Gasteiger partial charge is 0.0611 e. The van der Waals surface area contributed by atoms with E-state index >= 15 is 0 Å². The summed E-state index contributed by atoms with van der Waals surface area (Å²) in [6, 6.07) is 8.79. The van der Waals surface area contributed by atoms with Crippen molar-refractivity contribution in [2.24, 2.45) is 17.8 Å². The minimum absolute atomic E-state index is 0.163. The molecule has 170 valence electrons. The van der Waals surface area contributed by atoms with Gasteiger partial charge in [-0.2, -0.15) is 11.8 Å². The van der Waals surface area contributed by atoms with E-state index in [2.05, 4.69) is 66.1 Å². The summed E-state index contributed by atoms with van der Waals surface area (Å²) in [5.74, 6) is 3.97. The fourth-order valence-corrected chi connectivity index (χ4v) is 6.46. The van der Waals surface area contributed by atoms with E-state index in [-0.39, 0.29) is 6.10 Å². The van der Waals surface area contributed by atoms with E-state index in [1.807, 2.05) is 0 Å². The van der Waals surface area contributed by atoms with Crippen molar-refractivity contribution in [1.29, 1.82) is 0 Å². The summed E-state index contributed by atoms with van der Waals surface area (Å²) in [4.78, 5) is 2.53. The molecule has 0 spiro atoms. The Morgan fingerprint density at radius 2 is 2.13 bits per heavy atom. The van der Waals surface area contributed by atoms with Gasteiger partial charge in [-0.15, -0.1) is 0 Å². The second kappa shape index (κ2) is 11.7. The Balaban J connectivity index is 1.16. The van der Waals surface area contributed by atoms with Crippen LogP contribution in [0.25, 0.3) is 0 Å². The Hall–Kier alpha value is -1.07. The van der Waals surface area contributed by atoms with Gasteiger partial charge in [0.05, 0.1) is 19.3 Å². The molecule has 0 amide bonds. The molecule has 2 aliphatic carbocycles. The van der Waals surface area contributed by atoms with E-state index in [0.29, 0.717) is 17.8 Å². The number of rotatable bonds is 10. The molecule has 1 aromatic rings. The predicted molar refractivity (Wildman–Crippen MR) is 132 cm³/mol. The van der Waals surface area contributed by atoms with Crippen molar-refractivity contribution in [1.82, 2.24) is 4.90 Å². The Bertz CT molecular complexity index is 755. The van der Waals surface area contributed by atoms with Crippen LogP contribution in [0.4, 0.5) is 0 Å². The van der Waals surface area contributed by atoms with Gasteiger partial charge in [-0.3, -0.25) is 4.90 Å². The average molecular weight is 442 g/mol. The van der Waals surface area contributed by atoms with Crippen LogP contribution in [0.2, 0.25) is 0 Å². The SMILES string of the molecule is Cc1cccc(CCC=C[C@@H]2[C@H]3CC(CSCCCN4CCOCC4)=C[C@H]3C[C@H]2O)c1. The van der Waals surface area contributed by atoms with Crippen LogP contribution < -0.4 is 0 Å². The van der Waals surface area contributed by atoms with Gasteiger partial charge in [0.1, 0.15) is 0 Å². The highest BCUT2D eigenvalue weighted by Gasteiger charge is 2.43. The van der Waals surface area contributed by atoms with Gasteiger partial charge in [0, 0.05) is 24.8 Å². The molecular weight excluding hydrogens is 402 g/mol. The van der Waals surface area contributed by atoms with E-state index in [1.54, 1.807) is 5.57 Å². The van der Waals surface area contributed by atoms with Gasteiger partial charge in [-0.05, 0) is 68.7 Å². The number of aliphatic hydroxyl groups is 1. The molecule has 0 aromatic heterocycles. The van der Waals surface area contributed by atoms with E-state index in [1.165, 1.54) is 42.0 Å². The number of morpholine rings is 1. The number of hydrogen-bond acceptors (Lipinski definition) is 4. The number of fused-ring (bicyclic) bond motifs is 1. The lowest BCUT2D eigenvalue weighted by Crippen LogP contribution is -2.36. The molecule has 4 rings (SSSR count). The number of hydrogen-bond donors (Lipinski definition) is 1. The van der Waals surface area contributed by atoms with Crippen LogP contribution in [-0.4, -0.2) is 60.5 Å². The van der Waals surface area contributed by atoms with E-state index in [4.69, 9.17) is 4.74 Å². The second-order valence-electron chi connectivity index (χ2n) is 9.55. The second-order valence-corrected chi connectivity index (χ2v) is 10.7. The molecule has 1 aromatic carbocycles. The molecule has 3 nitrogen and oxygen atoms in total. The van der Waals surface area contributed by atoms with Crippen LogP contribution in [0.1, 0.15) is 36.8 Å². The van der Waals surface area contributed by atoms with Gasteiger partial charge >= 0.3 is 0 Å². The number of aryl methyl sites for hydroxylation is 2. The molecule has 31 heavy (non-hydrogen) atoms. The molecule has 4 atom stereocenters. The fourth-order valence-electron chi connectivity index (χ4n) is 5.50. The van der Waals surface area contributed by atoms with Crippen molar-refractivity contribution in [3.63, 3.8) is 0 Å². The maximum absolute atomic E-state index is 10.6. The number of thioether (sulfide) groups is 1. The quantitative estimate of drug-likeness (QED) is 0.414. The molecule has 1 saturated carbocycles. The van der Waals surface area contributed by atoms with Crippen molar-refractivity contribution in [3.05, 3.63) is 59.2 Å². The van der Waals surface area contributed by atoms with Crippen LogP contribution in [0, 0.1) is 24.7 Å². The number of allylic oxidation sites excluding steroid dienone is 2. The van der Waals surface area contributed by atoms with Crippen LogP contribution in [0.15, 0.2) is 48.1 Å². The lowest BCUT2D eigenvalue weighted by molar-refractivity contribution is 0.0381. The topological polar surface area (TPSA) is 32.7 Å². The molecule has 0 bridgehead atoms. The number of nitrogens with zero attached hydrogens (tertiary/aromatic N) is 1. The van der Waals surface area contributed by atoms with Crippen molar-refractivity contribution in [2.75, 3.05) is 44.4 Å². The number of ether oxygens (including phenoxy) is 1. The predicted octanol–water partition coefficient (Wildman–Crippen LogP) is 4.88. The Morgan fingerprint density at radius 1 is 1.26 bits per heavy atom. The molecule has 1 heterocycles. The summed E-state index contributed by atoms with van der Waals surface area (Å²) in [6.45, 7) is 7.36. The van der Waals surface area contributed by atoms with Gasteiger partial charge in [-0.25, -0.2) is 0 Å². The highest BCUT2D eigenvalue weighted by atomic mass is 32.2. The Labute approximate surface area is 192 Å². The molecule has 3 aliphatic rings. The van der Waals surface area contributed by atoms with Crippen LogP contribution in [0.5, 0.6) is 0 Å². The van der Waals surface area contributed by atoms with Crippen LogP contribution >= 0.6 is 11.8 Å². The molecule has 4 heteroatoms. The third-order valence-electron chi connectivity index (χ3n) is 7.14. The number of benzene rings is 1. The lowest BCUT2D eigenvalue weighted by atomic mass is 9.89. The maximum Gasteiger partial charge on any atom is 0.0611 e. The first-order valence-corrected chi connectivity index (χ1v) is 13.3. The first kappa shape index (κ1) is 23.1. The van der Waals surface area contributed by atoms with E-state index < -0.39 is 0 Å². The van der Waals surface area contributed by atoms with Gasteiger partial charge in [0.15, 0.2) is 0 Å². The number of aliphatic hydroxyl groups excluding tert-OH is 1. The van der Waals surface area contributed by atoms with E-state index in [0.717, 1.165) is 45.6 Å². The molecular formula is C27H39NO2S. The molecule has 1 N–H and O–H groups in total. The molecule has 2 fully saturated rings. The van der Waals surface area contributed by atoms with Gasteiger partial charge in [-0.1, -0.05) is 53.6 Å². The summed E-state index contributed by atoms with van der Waals surface area (Å²) in [5, 5.41) is 10.6. The monoisotopic (exact) mass is 441 g/mol. The van der Waals surface area contributed by atoms with Gasteiger partial charge in [0.25, 0.3) is 0 Å². The fraction of sp³-hybridized carbons (Fsp3) is 0.630. The molecule has 1 saturated heterocycles. The summed E-state index contributed by atoms with van der Waals surface area (Å²) in [5.41, 5.74) is 4.36. The Kier molecular flexibility index (Phi) is 8.71.